The molecule has 1 N–H and O–H groups in total. The first-order valence-electron chi connectivity index (χ1n) is 7.07. The smallest absolute Gasteiger partial charge is 0.161 e. The highest BCUT2D eigenvalue weighted by molar-refractivity contribution is 5.51. The number of benzene rings is 2. The molecule has 0 spiro atoms. The van der Waals surface area contributed by atoms with Gasteiger partial charge in [-0.05, 0) is 47.9 Å². The summed E-state index contributed by atoms with van der Waals surface area (Å²) in [6.07, 6.45) is 0.795. The van der Waals surface area contributed by atoms with E-state index in [1.165, 1.54) is 6.07 Å². The van der Waals surface area contributed by atoms with Crippen molar-refractivity contribution in [3.8, 4) is 11.5 Å². The minimum atomic E-state index is -0.453. The average molecular weight is 305 g/mol. The van der Waals surface area contributed by atoms with Gasteiger partial charge in [-0.25, -0.2) is 8.78 Å². The van der Waals surface area contributed by atoms with E-state index in [9.17, 15) is 8.78 Å². The molecule has 1 atom stereocenters. The molecule has 0 saturated heterocycles. The van der Waals surface area contributed by atoms with E-state index in [1.54, 1.807) is 14.2 Å². The number of fused-ring (bicyclic) bond motifs is 1. The number of methoxy groups -OCH3 is 2. The first-order chi connectivity index (χ1) is 10.6. The van der Waals surface area contributed by atoms with Crippen molar-refractivity contribution in [3.63, 3.8) is 0 Å². The Morgan fingerprint density at radius 1 is 1.00 bits per heavy atom. The van der Waals surface area contributed by atoms with Gasteiger partial charge in [-0.3, -0.25) is 0 Å². The molecule has 22 heavy (non-hydrogen) atoms. The Hall–Kier alpha value is -2.14. The third kappa shape index (κ3) is 2.52. The molecule has 0 amide bonds. The van der Waals surface area contributed by atoms with Crippen LogP contribution in [-0.4, -0.2) is 20.8 Å². The first kappa shape index (κ1) is 14.8. The molecule has 0 saturated carbocycles. The first-order valence-corrected chi connectivity index (χ1v) is 7.07. The van der Waals surface area contributed by atoms with Gasteiger partial charge < -0.3 is 14.8 Å². The summed E-state index contributed by atoms with van der Waals surface area (Å²) in [4.78, 5) is 0. The maximum Gasteiger partial charge on any atom is 0.161 e. The molecule has 3 rings (SSSR count). The fourth-order valence-corrected chi connectivity index (χ4v) is 2.90. The molecule has 1 aliphatic heterocycles. The second kappa shape index (κ2) is 5.93. The second-order valence-electron chi connectivity index (χ2n) is 5.21. The molecule has 1 heterocycles. The van der Waals surface area contributed by atoms with E-state index in [0.29, 0.717) is 23.6 Å². The van der Waals surface area contributed by atoms with Crippen LogP contribution >= 0.6 is 0 Å². The van der Waals surface area contributed by atoms with Crippen LogP contribution in [0.5, 0.6) is 11.5 Å². The van der Waals surface area contributed by atoms with Gasteiger partial charge in [-0.15, -0.1) is 0 Å². The van der Waals surface area contributed by atoms with Crippen LogP contribution in [0.25, 0.3) is 0 Å². The van der Waals surface area contributed by atoms with E-state index >= 15 is 0 Å². The van der Waals surface area contributed by atoms with Crippen LogP contribution in [0.15, 0.2) is 30.3 Å². The zero-order chi connectivity index (χ0) is 15.7. The lowest BCUT2D eigenvalue weighted by Crippen LogP contribution is -2.31. The molecule has 0 radical (unpaired) electrons. The van der Waals surface area contributed by atoms with Crippen molar-refractivity contribution in [1.82, 2.24) is 5.32 Å². The van der Waals surface area contributed by atoms with E-state index in [-0.39, 0.29) is 0 Å². The maximum atomic E-state index is 14.1. The van der Waals surface area contributed by atoms with Gasteiger partial charge in [0.05, 0.1) is 20.3 Å². The van der Waals surface area contributed by atoms with Crippen molar-refractivity contribution in [3.05, 3.63) is 58.7 Å². The molecule has 0 aliphatic carbocycles. The Morgan fingerprint density at radius 3 is 2.45 bits per heavy atom. The van der Waals surface area contributed by atoms with E-state index < -0.39 is 17.7 Å². The number of nitrogens with one attached hydrogen (secondary N) is 1. The summed E-state index contributed by atoms with van der Waals surface area (Å²) in [5, 5.41) is 3.25. The van der Waals surface area contributed by atoms with Gasteiger partial charge in [0, 0.05) is 12.1 Å². The zero-order valence-corrected chi connectivity index (χ0v) is 12.5. The topological polar surface area (TPSA) is 30.5 Å². The highest BCUT2D eigenvalue weighted by Gasteiger charge is 2.26. The molecular weight excluding hydrogens is 288 g/mol. The molecule has 1 aliphatic rings. The van der Waals surface area contributed by atoms with Gasteiger partial charge >= 0.3 is 0 Å². The summed E-state index contributed by atoms with van der Waals surface area (Å²) >= 11 is 0. The van der Waals surface area contributed by atoms with Crippen LogP contribution in [0.1, 0.15) is 22.7 Å². The van der Waals surface area contributed by atoms with Gasteiger partial charge in [0.2, 0.25) is 0 Å². The Morgan fingerprint density at radius 2 is 1.73 bits per heavy atom. The lowest BCUT2D eigenvalue weighted by atomic mass is 9.89. The fraction of sp³-hybridized carbons (Fsp3) is 0.294. The summed E-state index contributed by atoms with van der Waals surface area (Å²) < 4.78 is 38.2. The van der Waals surface area contributed by atoms with Crippen LogP contribution in [0, 0.1) is 11.6 Å². The lowest BCUT2D eigenvalue weighted by Gasteiger charge is -2.28. The van der Waals surface area contributed by atoms with Crippen LogP contribution in [0.4, 0.5) is 8.78 Å². The maximum absolute atomic E-state index is 14.1. The summed E-state index contributed by atoms with van der Waals surface area (Å²) in [5.74, 6) is 0.334. The highest BCUT2D eigenvalue weighted by atomic mass is 19.1. The number of rotatable bonds is 3. The molecule has 1 unspecified atom stereocenters. The highest BCUT2D eigenvalue weighted by Crippen LogP contribution is 2.38. The van der Waals surface area contributed by atoms with Gasteiger partial charge in [0.25, 0.3) is 0 Å². The van der Waals surface area contributed by atoms with Crippen LogP contribution in [0.3, 0.4) is 0 Å². The zero-order valence-electron chi connectivity index (χ0n) is 12.5. The van der Waals surface area contributed by atoms with Gasteiger partial charge in [0.1, 0.15) is 11.6 Å². The van der Waals surface area contributed by atoms with Gasteiger partial charge in [-0.2, -0.15) is 0 Å². The van der Waals surface area contributed by atoms with E-state index in [0.717, 1.165) is 29.7 Å². The summed E-state index contributed by atoms with van der Waals surface area (Å²) in [6, 6.07) is 6.84. The third-order valence-corrected chi connectivity index (χ3v) is 3.97. The third-order valence-electron chi connectivity index (χ3n) is 3.97. The molecule has 2 aromatic carbocycles. The predicted molar refractivity (Wildman–Crippen MR) is 79.5 cm³/mol. The predicted octanol–water partition coefficient (Wildman–Crippen LogP) is 3.22. The quantitative estimate of drug-likeness (QED) is 0.944. The van der Waals surface area contributed by atoms with Gasteiger partial charge in [-0.1, -0.05) is 0 Å². The summed E-state index contributed by atoms with van der Waals surface area (Å²) in [6.45, 7) is 0.684. The van der Waals surface area contributed by atoms with Crippen molar-refractivity contribution in [2.24, 2.45) is 0 Å². The average Bonchev–Trinajstić information content (AvgIpc) is 2.55. The van der Waals surface area contributed by atoms with Crippen molar-refractivity contribution in [2.75, 3.05) is 20.8 Å². The number of hydrogen-bond acceptors (Lipinski definition) is 3. The Bertz CT molecular complexity index is 703. The number of hydrogen-bond donors (Lipinski definition) is 1. The van der Waals surface area contributed by atoms with Gasteiger partial charge in [0.15, 0.2) is 11.5 Å². The van der Waals surface area contributed by atoms with Crippen molar-refractivity contribution < 1.29 is 18.3 Å². The fourth-order valence-electron chi connectivity index (χ4n) is 2.90. The van der Waals surface area contributed by atoms with Crippen LogP contribution in [-0.2, 0) is 6.42 Å². The number of halogens is 2. The van der Waals surface area contributed by atoms with Crippen molar-refractivity contribution in [2.45, 2.75) is 12.5 Å². The number of ether oxygens (including phenoxy) is 2. The molecule has 3 nitrogen and oxygen atoms in total. The molecule has 0 bridgehead atoms. The molecule has 2 aromatic rings. The Kier molecular flexibility index (Phi) is 3.98. The molecular formula is C17H17F2NO2. The van der Waals surface area contributed by atoms with E-state index in [1.807, 2.05) is 12.1 Å². The van der Waals surface area contributed by atoms with Crippen LogP contribution < -0.4 is 14.8 Å². The Labute approximate surface area is 127 Å². The summed E-state index contributed by atoms with van der Waals surface area (Å²) in [7, 11) is 3.13. The molecule has 5 heteroatoms. The molecule has 0 fully saturated rings. The monoisotopic (exact) mass is 305 g/mol. The second-order valence-corrected chi connectivity index (χ2v) is 5.21. The SMILES string of the molecule is COc1cc2c(cc1OC)C(c1cc(F)ccc1F)NCC2. The van der Waals surface area contributed by atoms with E-state index in [2.05, 4.69) is 5.32 Å². The minimum Gasteiger partial charge on any atom is -0.493 e. The standard InChI is InChI=1S/C17H17F2NO2/c1-21-15-7-10-5-6-20-17(12(10)9-16(15)22-2)13-8-11(18)3-4-14(13)19/h3-4,7-9,17,20H,5-6H2,1-2H3. The molecule has 116 valence electrons. The lowest BCUT2D eigenvalue weighted by molar-refractivity contribution is 0.352. The van der Waals surface area contributed by atoms with Crippen LogP contribution in [0.2, 0.25) is 0 Å². The normalized spacial score (nSPS) is 17.0. The van der Waals surface area contributed by atoms with Crippen molar-refractivity contribution in [1.29, 1.82) is 0 Å². The Balaban J connectivity index is 2.13. The summed E-state index contributed by atoms with van der Waals surface area (Å²) in [5.41, 5.74) is 2.23. The largest absolute Gasteiger partial charge is 0.493 e. The minimum absolute atomic E-state index is 0.299. The van der Waals surface area contributed by atoms with Crippen molar-refractivity contribution >= 4 is 0 Å². The van der Waals surface area contributed by atoms with E-state index in [4.69, 9.17) is 9.47 Å². The molecule has 0 aromatic heterocycles.